The molecule has 1 saturated heterocycles. The number of ether oxygens (including phenoxy) is 1. The van der Waals surface area contributed by atoms with Crippen molar-refractivity contribution in [2.75, 3.05) is 11.4 Å². The lowest BCUT2D eigenvalue weighted by molar-refractivity contribution is -0.160. The van der Waals surface area contributed by atoms with Crippen LogP contribution in [0.3, 0.4) is 0 Å². The molecule has 4 saturated carbocycles. The van der Waals surface area contributed by atoms with E-state index >= 15 is 0 Å². The number of amides is 2. The Hall–Kier alpha value is -2.37. The minimum absolute atomic E-state index is 0.0866. The van der Waals surface area contributed by atoms with Gasteiger partial charge in [0, 0.05) is 24.2 Å². The van der Waals surface area contributed by atoms with Gasteiger partial charge in [0.25, 0.3) is 5.91 Å². The molecular weight excluding hydrogens is 392 g/mol. The summed E-state index contributed by atoms with van der Waals surface area (Å²) in [5.74, 6) is 0.927. The van der Waals surface area contributed by atoms with Crippen LogP contribution < -0.4 is 10.2 Å². The predicted octanol–water partition coefficient (Wildman–Crippen LogP) is 3.36. The molecule has 2 atom stereocenters. The molecule has 166 valence electrons. The van der Waals surface area contributed by atoms with Crippen LogP contribution in [0.25, 0.3) is 0 Å². The smallest absolute Gasteiger partial charge is 0.312 e. The Bertz CT molecular complexity index is 858. The van der Waals surface area contributed by atoms with E-state index in [0.717, 1.165) is 48.3 Å². The number of hydrogen-bond acceptors (Lipinski definition) is 4. The second kappa shape index (κ2) is 7.64. The number of benzene rings is 1. The van der Waals surface area contributed by atoms with Crippen molar-refractivity contribution in [3.63, 3.8) is 0 Å². The third-order valence-electron chi connectivity index (χ3n) is 7.89. The fourth-order valence-electron chi connectivity index (χ4n) is 6.79. The van der Waals surface area contributed by atoms with Gasteiger partial charge in [-0.2, -0.15) is 0 Å². The van der Waals surface area contributed by atoms with Crippen molar-refractivity contribution >= 4 is 23.5 Å². The number of carbonyl (C=O) groups is 3. The average molecular weight is 425 g/mol. The number of esters is 1. The molecule has 1 N–H and O–H groups in total. The Morgan fingerprint density at radius 1 is 1.06 bits per heavy atom. The van der Waals surface area contributed by atoms with Crippen molar-refractivity contribution in [2.24, 2.45) is 23.7 Å². The van der Waals surface area contributed by atoms with Crippen LogP contribution in [0.5, 0.6) is 0 Å². The first kappa shape index (κ1) is 20.5. The van der Waals surface area contributed by atoms with E-state index in [2.05, 4.69) is 5.32 Å². The molecule has 1 heterocycles. The molecule has 0 spiro atoms. The Morgan fingerprint density at radius 2 is 1.65 bits per heavy atom. The number of rotatable bonds is 5. The molecule has 1 aromatic carbocycles. The lowest BCUT2D eigenvalue weighted by Crippen LogP contribution is -2.61. The molecule has 4 bridgehead atoms. The van der Waals surface area contributed by atoms with E-state index in [-0.39, 0.29) is 23.8 Å². The van der Waals surface area contributed by atoms with E-state index in [1.54, 1.807) is 11.8 Å². The number of nitrogens with zero attached hydrogens (tertiary/aromatic N) is 1. The zero-order valence-corrected chi connectivity index (χ0v) is 18.4. The molecule has 5 aliphatic rings. The van der Waals surface area contributed by atoms with Crippen molar-refractivity contribution in [1.82, 2.24) is 5.32 Å². The molecule has 31 heavy (non-hydrogen) atoms. The van der Waals surface area contributed by atoms with Gasteiger partial charge in [0.15, 0.2) is 6.10 Å². The highest BCUT2D eigenvalue weighted by atomic mass is 16.5. The molecule has 5 fully saturated rings. The van der Waals surface area contributed by atoms with Crippen LogP contribution in [0.15, 0.2) is 24.3 Å². The molecule has 6 nitrogen and oxygen atoms in total. The number of anilines is 1. The molecule has 0 unspecified atom stereocenters. The minimum Gasteiger partial charge on any atom is -0.452 e. The number of aryl methyl sites for hydroxylation is 1. The van der Waals surface area contributed by atoms with Crippen LogP contribution in [0.4, 0.5) is 5.69 Å². The highest BCUT2D eigenvalue weighted by Gasteiger charge is 2.52. The first-order valence-electron chi connectivity index (χ1n) is 11.7. The molecule has 6 rings (SSSR count). The number of carbonyl (C=O) groups excluding carboxylic acids is 3. The fourth-order valence-corrected chi connectivity index (χ4v) is 6.79. The van der Waals surface area contributed by atoms with Gasteiger partial charge in [-0.05, 0) is 82.3 Å². The number of hydrogen-bond donors (Lipinski definition) is 1. The summed E-state index contributed by atoms with van der Waals surface area (Å²) in [6.07, 6.45) is 6.41. The van der Waals surface area contributed by atoms with Crippen molar-refractivity contribution in [3.05, 3.63) is 29.8 Å². The Morgan fingerprint density at radius 3 is 2.23 bits per heavy atom. The second-order valence-electron chi connectivity index (χ2n) is 10.5. The zero-order valence-electron chi connectivity index (χ0n) is 18.4. The molecule has 2 amide bonds. The first-order chi connectivity index (χ1) is 14.8. The third-order valence-corrected chi connectivity index (χ3v) is 7.89. The summed E-state index contributed by atoms with van der Waals surface area (Å²) in [6, 6.07) is 7.68. The maximum absolute atomic E-state index is 12.9. The van der Waals surface area contributed by atoms with Gasteiger partial charge in [-0.25, -0.2) is 0 Å². The molecule has 1 aromatic rings. The number of nitrogens with one attached hydrogen (secondary N) is 1. The largest absolute Gasteiger partial charge is 0.452 e. The SMILES string of the molecule is Cc1ccc(N2C[C@@H](C(=O)O[C@@H](C)C(=O)NC34CC5CC(CC(C5)C3)C4)CC2=O)cc1. The molecule has 6 heteroatoms. The van der Waals surface area contributed by atoms with Gasteiger partial charge in [0.1, 0.15) is 0 Å². The predicted molar refractivity (Wildman–Crippen MR) is 116 cm³/mol. The summed E-state index contributed by atoms with van der Waals surface area (Å²) >= 11 is 0. The van der Waals surface area contributed by atoms with Crippen molar-refractivity contribution in [2.45, 2.75) is 70.4 Å². The van der Waals surface area contributed by atoms with Gasteiger partial charge in [0.05, 0.1) is 5.92 Å². The third kappa shape index (κ3) is 3.97. The van der Waals surface area contributed by atoms with E-state index in [9.17, 15) is 14.4 Å². The van der Waals surface area contributed by atoms with Crippen molar-refractivity contribution in [3.8, 4) is 0 Å². The van der Waals surface area contributed by atoms with E-state index in [0.29, 0.717) is 6.54 Å². The summed E-state index contributed by atoms with van der Waals surface area (Å²) in [5, 5.41) is 3.28. The van der Waals surface area contributed by atoms with Gasteiger partial charge < -0.3 is 15.0 Å². The van der Waals surface area contributed by atoms with Crippen LogP contribution in [0.2, 0.25) is 0 Å². The minimum atomic E-state index is -0.843. The quantitative estimate of drug-likeness (QED) is 0.736. The van der Waals surface area contributed by atoms with Crippen molar-refractivity contribution in [1.29, 1.82) is 0 Å². The Balaban J connectivity index is 1.17. The van der Waals surface area contributed by atoms with Crippen LogP contribution in [0.1, 0.15) is 57.4 Å². The zero-order chi connectivity index (χ0) is 21.8. The molecule has 0 radical (unpaired) electrons. The standard InChI is InChI=1S/C25H32N2O4/c1-15-3-5-21(6-4-15)27-14-20(10-22(27)28)24(30)31-16(2)23(29)26-25-11-17-7-18(12-25)9-19(8-17)13-25/h3-6,16-20H,7-14H2,1-2H3,(H,26,29)/t16-,17?,18?,19?,20-,25?/m0/s1. The van der Waals surface area contributed by atoms with E-state index in [1.165, 1.54) is 19.3 Å². The summed E-state index contributed by atoms with van der Waals surface area (Å²) in [5.41, 5.74) is 1.81. The van der Waals surface area contributed by atoms with Gasteiger partial charge in [0.2, 0.25) is 5.91 Å². The van der Waals surface area contributed by atoms with E-state index in [4.69, 9.17) is 4.74 Å². The van der Waals surface area contributed by atoms with Gasteiger partial charge in [-0.1, -0.05) is 17.7 Å². The average Bonchev–Trinajstić information content (AvgIpc) is 3.09. The van der Waals surface area contributed by atoms with E-state index < -0.39 is 18.0 Å². The summed E-state index contributed by atoms with van der Waals surface area (Å²) < 4.78 is 5.53. The Labute approximate surface area is 183 Å². The molecule has 1 aliphatic heterocycles. The fraction of sp³-hybridized carbons (Fsp3) is 0.640. The van der Waals surface area contributed by atoms with Gasteiger partial charge in [-0.15, -0.1) is 0 Å². The summed E-state index contributed by atoms with van der Waals surface area (Å²) in [6.45, 7) is 3.93. The lowest BCUT2D eigenvalue weighted by Gasteiger charge is -2.57. The van der Waals surface area contributed by atoms with E-state index in [1.807, 2.05) is 31.2 Å². The summed E-state index contributed by atoms with van der Waals surface area (Å²) in [4.78, 5) is 39.7. The van der Waals surface area contributed by atoms with Crippen LogP contribution in [-0.4, -0.2) is 36.0 Å². The normalized spacial score (nSPS) is 34.6. The topological polar surface area (TPSA) is 75.7 Å². The molecule has 4 aliphatic carbocycles. The van der Waals surface area contributed by atoms with Gasteiger partial charge >= 0.3 is 5.97 Å². The first-order valence-corrected chi connectivity index (χ1v) is 11.7. The highest BCUT2D eigenvalue weighted by molar-refractivity contribution is 5.99. The highest BCUT2D eigenvalue weighted by Crippen LogP contribution is 2.55. The maximum Gasteiger partial charge on any atom is 0.312 e. The molecule has 0 aromatic heterocycles. The monoisotopic (exact) mass is 424 g/mol. The van der Waals surface area contributed by atoms with Gasteiger partial charge in [-0.3, -0.25) is 14.4 Å². The van der Waals surface area contributed by atoms with Crippen LogP contribution in [-0.2, 0) is 19.1 Å². The molecular formula is C25H32N2O4. The lowest BCUT2D eigenvalue weighted by atomic mass is 9.53. The van der Waals surface area contributed by atoms with Crippen LogP contribution in [0, 0.1) is 30.6 Å². The van der Waals surface area contributed by atoms with Crippen LogP contribution >= 0.6 is 0 Å². The second-order valence-corrected chi connectivity index (χ2v) is 10.5. The summed E-state index contributed by atoms with van der Waals surface area (Å²) in [7, 11) is 0. The van der Waals surface area contributed by atoms with Crippen molar-refractivity contribution < 1.29 is 19.1 Å². The Kier molecular flexibility index (Phi) is 5.06. The maximum atomic E-state index is 12.9.